The largest absolute Gasteiger partial charge is 0.354 e. The first kappa shape index (κ1) is 17.7. The summed E-state index contributed by atoms with van der Waals surface area (Å²) in [5, 5.41) is 6.94. The van der Waals surface area contributed by atoms with E-state index in [4.69, 9.17) is 0 Å². The van der Waals surface area contributed by atoms with Crippen LogP contribution in [0.25, 0.3) is 10.8 Å². The van der Waals surface area contributed by atoms with E-state index in [1.807, 2.05) is 32.0 Å². The van der Waals surface area contributed by atoms with Crippen LogP contribution in [0.4, 0.5) is 0 Å². The Morgan fingerprint density at radius 3 is 2.67 bits per heavy atom. The number of pyridine rings is 1. The fraction of sp³-hybridized carbons (Fsp3) is 0.389. The highest BCUT2D eigenvalue weighted by Gasteiger charge is 2.09. The molecule has 0 bridgehead atoms. The van der Waals surface area contributed by atoms with E-state index in [1.54, 1.807) is 18.3 Å². The van der Waals surface area contributed by atoms with Crippen molar-refractivity contribution in [3.63, 3.8) is 0 Å². The first-order valence-electron chi connectivity index (χ1n) is 8.15. The quantitative estimate of drug-likeness (QED) is 0.806. The second-order valence-corrected chi connectivity index (χ2v) is 5.81. The number of aromatic nitrogens is 1. The molecule has 1 aromatic carbocycles. The summed E-state index contributed by atoms with van der Waals surface area (Å²) in [5.74, 6) is -0.378. The van der Waals surface area contributed by atoms with Gasteiger partial charge in [-0.25, -0.2) is 0 Å². The van der Waals surface area contributed by atoms with Crippen LogP contribution in [0.1, 0.15) is 26.7 Å². The van der Waals surface area contributed by atoms with Crippen LogP contribution in [-0.4, -0.2) is 29.0 Å². The van der Waals surface area contributed by atoms with E-state index < -0.39 is 0 Å². The first-order chi connectivity index (χ1) is 11.5. The van der Waals surface area contributed by atoms with E-state index >= 15 is 0 Å². The van der Waals surface area contributed by atoms with Gasteiger partial charge in [-0.05, 0) is 30.9 Å². The molecule has 6 nitrogen and oxygen atoms in total. The molecule has 2 aromatic rings. The van der Waals surface area contributed by atoms with Crippen molar-refractivity contribution in [2.75, 3.05) is 6.54 Å². The summed E-state index contributed by atoms with van der Waals surface area (Å²) < 4.78 is 1.37. The van der Waals surface area contributed by atoms with Gasteiger partial charge < -0.3 is 15.2 Å². The van der Waals surface area contributed by atoms with Gasteiger partial charge in [-0.3, -0.25) is 14.4 Å². The van der Waals surface area contributed by atoms with E-state index in [2.05, 4.69) is 10.6 Å². The van der Waals surface area contributed by atoms with Crippen LogP contribution in [0.3, 0.4) is 0 Å². The molecule has 0 saturated carbocycles. The van der Waals surface area contributed by atoms with Gasteiger partial charge in [0.15, 0.2) is 0 Å². The smallest absolute Gasteiger partial charge is 0.258 e. The van der Waals surface area contributed by atoms with E-state index in [0.717, 1.165) is 11.8 Å². The van der Waals surface area contributed by atoms with Gasteiger partial charge in [0, 0.05) is 30.6 Å². The SMILES string of the molecule is CC[C@@H](C)NC(=O)CCNC(=O)Cn1ccc2ccccc2c1=O. The molecule has 0 aliphatic rings. The maximum atomic E-state index is 12.3. The van der Waals surface area contributed by atoms with Crippen molar-refractivity contribution >= 4 is 22.6 Å². The predicted octanol–water partition coefficient (Wildman–Crippen LogP) is 1.42. The van der Waals surface area contributed by atoms with Gasteiger partial charge in [-0.2, -0.15) is 0 Å². The number of fused-ring (bicyclic) bond motifs is 1. The molecule has 0 fully saturated rings. The number of nitrogens with one attached hydrogen (secondary N) is 2. The lowest BCUT2D eigenvalue weighted by Gasteiger charge is -2.12. The summed E-state index contributed by atoms with van der Waals surface area (Å²) in [6.07, 6.45) is 2.70. The number of rotatable bonds is 7. The Hall–Kier alpha value is -2.63. The third kappa shape index (κ3) is 4.68. The average Bonchev–Trinajstić information content (AvgIpc) is 2.57. The molecule has 1 aromatic heterocycles. The zero-order chi connectivity index (χ0) is 17.5. The summed E-state index contributed by atoms with van der Waals surface area (Å²) in [7, 11) is 0. The highest BCUT2D eigenvalue weighted by molar-refractivity contribution is 5.82. The topological polar surface area (TPSA) is 80.2 Å². The molecule has 1 heterocycles. The minimum Gasteiger partial charge on any atom is -0.354 e. The number of nitrogens with zero attached hydrogens (tertiary/aromatic N) is 1. The van der Waals surface area contributed by atoms with Gasteiger partial charge in [0.1, 0.15) is 6.54 Å². The Balaban J connectivity index is 1.88. The van der Waals surface area contributed by atoms with Crippen molar-refractivity contribution < 1.29 is 9.59 Å². The number of carbonyl (C=O) groups is 2. The fourth-order valence-electron chi connectivity index (χ4n) is 2.33. The van der Waals surface area contributed by atoms with Gasteiger partial charge in [-0.15, -0.1) is 0 Å². The maximum Gasteiger partial charge on any atom is 0.258 e. The van der Waals surface area contributed by atoms with Gasteiger partial charge in [0.2, 0.25) is 11.8 Å². The van der Waals surface area contributed by atoms with Crippen LogP contribution in [0.5, 0.6) is 0 Å². The molecule has 128 valence electrons. The number of hydrogen-bond acceptors (Lipinski definition) is 3. The first-order valence-corrected chi connectivity index (χ1v) is 8.15. The molecule has 0 aliphatic heterocycles. The molecule has 2 rings (SSSR count). The molecular weight excluding hydrogens is 306 g/mol. The molecule has 0 spiro atoms. The highest BCUT2D eigenvalue weighted by atomic mass is 16.2. The van der Waals surface area contributed by atoms with Crippen LogP contribution in [-0.2, 0) is 16.1 Å². The van der Waals surface area contributed by atoms with Crippen molar-refractivity contribution in [1.82, 2.24) is 15.2 Å². The monoisotopic (exact) mass is 329 g/mol. The van der Waals surface area contributed by atoms with E-state index in [-0.39, 0.29) is 42.9 Å². The van der Waals surface area contributed by atoms with Crippen molar-refractivity contribution in [3.05, 3.63) is 46.9 Å². The van der Waals surface area contributed by atoms with Crippen LogP contribution >= 0.6 is 0 Å². The fourth-order valence-corrected chi connectivity index (χ4v) is 2.33. The predicted molar refractivity (Wildman–Crippen MR) is 93.7 cm³/mol. The molecule has 0 radical (unpaired) electrons. The Morgan fingerprint density at radius 2 is 1.92 bits per heavy atom. The van der Waals surface area contributed by atoms with Crippen molar-refractivity contribution in [2.45, 2.75) is 39.3 Å². The summed E-state index contributed by atoms with van der Waals surface area (Å²) in [6, 6.07) is 9.20. The molecular formula is C18H23N3O3. The molecule has 2 N–H and O–H groups in total. The third-order valence-corrected chi connectivity index (χ3v) is 3.89. The van der Waals surface area contributed by atoms with Gasteiger partial charge in [0.05, 0.1) is 0 Å². The Labute approximate surface area is 140 Å². The average molecular weight is 329 g/mol. The molecule has 24 heavy (non-hydrogen) atoms. The van der Waals surface area contributed by atoms with E-state index in [1.165, 1.54) is 4.57 Å². The van der Waals surface area contributed by atoms with Crippen LogP contribution in [0.15, 0.2) is 41.3 Å². The second-order valence-electron chi connectivity index (χ2n) is 5.81. The Kier molecular flexibility index (Phi) is 6.12. The van der Waals surface area contributed by atoms with Crippen molar-refractivity contribution in [3.8, 4) is 0 Å². The lowest BCUT2D eigenvalue weighted by atomic mass is 10.2. The normalized spacial score (nSPS) is 11.9. The van der Waals surface area contributed by atoms with Crippen molar-refractivity contribution in [1.29, 1.82) is 0 Å². The van der Waals surface area contributed by atoms with Crippen molar-refractivity contribution in [2.24, 2.45) is 0 Å². The Bertz CT molecular complexity index is 782. The van der Waals surface area contributed by atoms with Gasteiger partial charge in [0.25, 0.3) is 5.56 Å². The summed E-state index contributed by atoms with van der Waals surface area (Å²) >= 11 is 0. The zero-order valence-electron chi connectivity index (χ0n) is 14.0. The van der Waals surface area contributed by atoms with Crippen LogP contribution < -0.4 is 16.2 Å². The van der Waals surface area contributed by atoms with E-state index in [9.17, 15) is 14.4 Å². The summed E-state index contributed by atoms with van der Waals surface area (Å²) in [4.78, 5) is 35.9. The molecule has 0 unspecified atom stereocenters. The summed E-state index contributed by atoms with van der Waals surface area (Å²) in [5.41, 5.74) is -0.197. The maximum absolute atomic E-state index is 12.3. The number of benzene rings is 1. The minimum atomic E-state index is -0.288. The highest BCUT2D eigenvalue weighted by Crippen LogP contribution is 2.07. The summed E-state index contributed by atoms with van der Waals surface area (Å²) in [6.45, 7) is 4.12. The molecule has 0 saturated heterocycles. The molecule has 6 heteroatoms. The third-order valence-electron chi connectivity index (χ3n) is 3.89. The molecule has 0 aliphatic carbocycles. The van der Waals surface area contributed by atoms with Crippen LogP contribution in [0.2, 0.25) is 0 Å². The number of amides is 2. The zero-order valence-corrected chi connectivity index (χ0v) is 14.0. The van der Waals surface area contributed by atoms with E-state index in [0.29, 0.717) is 5.39 Å². The minimum absolute atomic E-state index is 0.0589. The lowest BCUT2D eigenvalue weighted by molar-refractivity contribution is -0.122. The Morgan fingerprint density at radius 1 is 1.17 bits per heavy atom. The van der Waals surface area contributed by atoms with Gasteiger partial charge in [-0.1, -0.05) is 25.1 Å². The van der Waals surface area contributed by atoms with Crippen LogP contribution in [0, 0.1) is 0 Å². The molecule has 2 amide bonds. The molecule has 1 atom stereocenters. The lowest BCUT2D eigenvalue weighted by Crippen LogP contribution is -2.37. The number of hydrogen-bond donors (Lipinski definition) is 2. The van der Waals surface area contributed by atoms with Gasteiger partial charge >= 0.3 is 0 Å². The number of carbonyl (C=O) groups excluding carboxylic acids is 2. The second kappa shape index (κ2) is 8.29. The standard InChI is InChI=1S/C18H23N3O3/c1-3-13(2)20-16(22)8-10-19-17(23)12-21-11-9-14-6-4-5-7-15(14)18(21)24/h4-7,9,11,13H,3,8,10,12H2,1-2H3,(H,19,23)(H,20,22)/t13-/m1/s1.